The second kappa shape index (κ2) is 4.96. The van der Waals surface area contributed by atoms with E-state index >= 15 is 0 Å². The van der Waals surface area contributed by atoms with E-state index in [1.54, 1.807) is 6.07 Å². The van der Waals surface area contributed by atoms with Crippen molar-refractivity contribution in [3.05, 3.63) is 47.4 Å². The van der Waals surface area contributed by atoms with Crippen LogP contribution >= 0.6 is 0 Å². The van der Waals surface area contributed by atoms with Crippen molar-refractivity contribution in [2.45, 2.75) is 20.3 Å². The maximum Gasteiger partial charge on any atom is 0.309 e. The molecule has 0 aliphatic rings. The van der Waals surface area contributed by atoms with Gasteiger partial charge in [-0.05, 0) is 32.0 Å². The molecule has 0 bridgehead atoms. The molecule has 0 unspecified atom stereocenters. The molecule has 92 valence electrons. The van der Waals surface area contributed by atoms with E-state index in [2.05, 4.69) is 16.0 Å². The molecular formula is C14H14N2O2. The van der Waals surface area contributed by atoms with E-state index < -0.39 is 5.97 Å². The van der Waals surface area contributed by atoms with Crippen LogP contribution in [-0.2, 0) is 11.2 Å². The summed E-state index contributed by atoms with van der Waals surface area (Å²) in [7, 11) is 0. The number of carboxylic acid groups (broad SMARTS) is 1. The maximum absolute atomic E-state index is 10.7. The highest BCUT2D eigenvalue weighted by molar-refractivity contribution is 5.70. The zero-order valence-corrected chi connectivity index (χ0v) is 10.3. The van der Waals surface area contributed by atoms with Gasteiger partial charge in [0.25, 0.3) is 0 Å². The summed E-state index contributed by atoms with van der Waals surface area (Å²) < 4.78 is 0. The summed E-state index contributed by atoms with van der Waals surface area (Å²) in [6.07, 6.45) is 1.32. The van der Waals surface area contributed by atoms with Gasteiger partial charge in [0.1, 0.15) is 6.33 Å². The van der Waals surface area contributed by atoms with E-state index in [1.807, 2.05) is 26.0 Å². The van der Waals surface area contributed by atoms with Gasteiger partial charge in [-0.3, -0.25) is 4.79 Å². The number of carboxylic acids is 1. The largest absolute Gasteiger partial charge is 0.481 e. The molecule has 2 aromatic rings. The van der Waals surface area contributed by atoms with E-state index in [1.165, 1.54) is 6.33 Å². The Morgan fingerprint density at radius 1 is 1.11 bits per heavy atom. The van der Waals surface area contributed by atoms with E-state index in [4.69, 9.17) is 5.11 Å². The lowest BCUT2D eigenvalue weighted by molar-refractivity contribution is -0.136. The fourth-order valence-electron chi connectivity index (χ4n) is 1.93. The summed E-state index contributed by atoms with van der Waals surface area (Å²) in [5.41, 5.74) is 4.58. The number of nitrogens with zero attached hydrogens (tertiary/aromatic N) is 2. The summed E-state index contributed by atoms with van der Waals surface area (Å²) in [6.45, 7) is 4.05. The number of aryl methyl sites for hydroxylation is 2. The van der Waals surface area contributed by atoms with Gasteiger partial charge in [-0.1, -0.05) is 17.2 Å². The third kappa shape index (κ3) is 2.91. The van der Waals surface area contributed by atoms with Crippen LogP contribution in [0, 0.1) is 13.8 Å². The minimum atomic E-state index is -0.889. The monoisotopic (exact) mass is 242 g/mol. The molecular weight excluding hydrogens is 228 g/mol. The molecule has 0 saturated heterocycles. The van der Waals surface area contributed by atoms with Crippen molar-refractivity contribution in [3.63, 3.8) is 0 Å². The smallest absolute Gasteiger partial charge is 0.309 e. The molecule has 1 heterocycles. The van der Waals surface area contributed by atoms with Crippen LogP contribution in [0.5, 0.6) is 0 Å². The minimum absolute atomic E-state index is 0.0830. The third-order valence-corrected chi connectivity index (χ3v) is 2.57. The standard InChI is InChI=1S/C14H14N2O2/c1-9-3-10(2)5-11(4-9)13-6-12(7-14(17)18)15-8-16-13/h3-6,8H,7H2,1-2H3,(H,17,18). The molecule has 18 heavy (non-hydrogen) atoms. The van der Waals surface area contributed by atoms with Crippen LogP contribution in [0.2, 0.25) is 0 Å². The molecule has 0 aliphatic heterocycles. The van der Waals surface area contributed by atoms with Gasteiger partial charge < -0.3 is 5.11 Å². The van der Waals surface area contributed by atoms with Gasteiger partial charge in [0.15, 0.2) is 0 Å². The number of aromatic nitrogens is 2. The summed E-state index contributed by atoms with van der Waals surface area (Å²) in [6, 6.07) is 7.87. The van der Waals surface area contributed by atoms with Crippen molar-refractivity contribution in [1.29, 1.82) is 0 Å². The maximum atomic E-state index is 10.7. The third-order valence-electron chi connectivity index (χ3n) is 2.57. The topological polar surface area (TPSA) is 63.1 Å². The highest BCUT2D eigenvalue weighted by atomic mass is 16.4. The first-order valence-electron chi connectivity index (χ1n) is 5.66. The van der Waals surface area contributed by atoms with Gasteiger partial charge in [-0.25, -0.2) is 9.97 Å². The summed E-state index contributed by atoms with van der Waals surface area (Å²) >= 11 is 0. The van der Waals surface area contributed by atoms with Crippen LogP contribution < -0.4 is 0 Å². The molecule has 0 radical (unpaired) electrons. The predicted octanol–water partition coefficient (Wildman–Crippen LogP) is 2.39. The van der Waals surface area contributed by atoms with Crippen molar-refractivity contribution in [2.75, 3.05) is 0 Å². The first kappa shape index (κ1) is 12.2. The van der Waals surface area contributed by atoms with Gasteiger partial charge >= 0.3 is 5.97 Å². The number of benzene rings is 1. The molecule has 1 aromatic heterocycles. The first-order chi connectivity index (χ1) is 8.54. The number of hydrogen-bond acceptors (Lipinski definition) is 3. The Kier molecular flexibility index (Phi) is 3.37. The lowest BCUT2D eigenvalue weighted by Crippen LogP contribution is -2.03. The average molecular weight is 242 g/mol. The number of aliphatic carboxylic acids is 1. The van der Waals surface area contributed by atoms with Crippen molar-refractivity contribution in [3.8, 4) is 11.3 Å². The van der Waals surface area contributed by atoms with Crippen molar-refractivity contribution >= 4 is 5.97 Å². The van der Waals surface area contributed by atoms with Crippen LogP contribution in [0.1, 0.15) is 16.8 Å². The molecule has 0 fully saturated rings. The highest BCUT2D eigenvalue weighted by Gasteiger charge is 2.06. The van der Waals surface area contributed by atoms with Crippen LogP contribution in [0.25, 0.3) is 11.3 Å². The molecule has 1 aromatic carbocycles. The van der Waals surface area contributed by atoms with Crippen LogP contribution in [-0.4, -0.2) is 21.0 Å². The average Bonchev–Trinajstić information content (AvgIpc) is 2.27. The summed E-state index contributed by atoms with van der Waals surface area (Å²) in [5.74, 6) is -0.889. The van der Waals surface area contributed by atoms with E-state index in [0.29, 0.717) is 5.69 Å². The fraction of sp³-hybridized carbons (Fsp3) is 0.214. The lowest BCUT2D eigenvalue weighted by Gasteiger charge is -2.05. The molecule has 4 heteroatoms. The number of rotatable bonds is 3. The van der Waals surface area contributed by atoms with Crippen molar-refractivity contribution in [2.24, 2.45) is 0 Å². The Morgan fingerprint density at radius 3 is 2.39 bits per heavy atom. The van der Waals surface area contributed by atoms with Crippen LogP contribution in [0.3, 0.4) is 0 Å². The summed E-state index contributed by atoms with van der Waals surface area (Å²) in [5, 5.41) is 8.76. The van der Waals surface area contributed by atoms with Crippen molar-refractivity contribution in [1.82, 2.24) is 9.97 Å². The van der Waals surface area contributed by atoms with Crippen molar-refractivity contribution < 1.29 is 9.90 Å². The molecule has 1 N–H and O–H groups in total. The number of carbonyl (C=O) groups is 1. The normalized spacial score (nSPS) is 10.3. The minimum Gasteiger partial charge on any atom is -0.481 e. The second-order valence-electron chi connectivity index (χ2n) is 4.34. The number of hydrogen-bond donors (Lipinski definition) is 1. The van der Waals surface area contributed by atoms with Gasteiger partial charge in [0, 0.05) is 5.56 Å². The molecule has 2 rings (SSSR count). The summed E-state index contributed by atoms with van der Waals surface area (Å²) in [4.78, 5) is 18.8. The van der Waals surface area contributed by atoms with Gasteiger partial charge in [0.2, 0.25) is 0 Å². The first-order valence-corrected chi connectivity index (χ1v) is 5.66. The van der Waals surface area contributed by atoms with E-state index in [9.17, 15) is 4.79 Å². The zero-order valence-electron chi connectivity index (χ0n) is 10.3. The molecule has 0 saturated carbocycles. The lowest BCUT2D eigenvalue weighted by atomic mass is 10.0. The molecule has 4 nitrogen and oxygen atoms in total. The van der Waals surface area contributed by atoms with Gasteiger partial charge in [-0.2, -0.15) is 0 Å². The molecule has 0 aliphatic carbocycles. The predicted molar refractivity (Wildman–Crippen MR) is 68.3 cm³/mol. The Balaban J connectivity index is 2.41. The Bertz CT molecular complexity index is 574. The van der Waals surface area contributed by atoms with E-state index in [-0.39, 0.29) is 6.42 Å². The Morgan fingerprint density at radius 2 is 1.78 bits per heavy atom. The molecule has 0 spiro atoms. The molecule has 0 amide bonds. The van der Waals surface area contributed by atoms with Crippen LogP contribution in [0.15, 0.2) is 30.6 Å². The fourth-order valence-corrected chi connectivity index (χ4v) is 1.93. The Labute approximate surface area is 105 Å². The van der Waals surface area contributed by atoms with Gasteiger partial charge in [-0.15, -0.1) is 0 Å². The Hall–Kier alpha value is -2.23. The quantitative estimate of drug-likeness (QED) is 0.897. The SMILES string of the molecule is Cc1cc(C)cc(-c2cc(CC(=O)O)ncn2)c1. The zero-order chi connectivity index (χ0) is 13.1. The van der Waals surface area contributed by atoms with E-state index in [0.717, 1.165) is 22.4 Å². The molecule has 0 atom stereocenters. The second-order valence-corrected chi connectivity index (χ2v) is 4.34. The van der Waals surface area contributed by atoms with Crippen LogP contribution in [0.4, 0.5) is 0 Å². The van der Waals surface area contributed by atoms with Gasteiger partial charge in [0.05, 0.1) is 17.8 Å². The highest BCUT2D eigenvalue weighted by Crippen LogP contribution is 2.20.